The molecular formula is C12H16N4O2S. The van der Waals surface area contributed by atoms with Gasteiger partial charge in [-0.3, -0.25) is 9.67 Å². The molecule has 2 rings (SSSR count). The Hall–Kier alpha value is -1.73. The van der Waals surface area contributed by atoms with E-state index in [0.717, 1.165) is 11.3 Å². The fourth-order valence-electron chi connectivity index (χ4n) is 1.61. The second kappa shape index (κ2) is 5.10. The van der Waals surface area contributed by atoms with E-state index in [-0.39, 0.29) is 4.90 Å². The molecule has 0 unspecified atom stereocenters. The molecule has 0 atom stereocenters. The smallest absolute Gasteiger partial charge is 0.245 e. The highest BCUT2D eigenvalue weighted by Gasteiger charge is 2.19. The molecule has 2 heterocycles. The van der Waals surface area contributed by atoms with Gasteiger partial charge in [-0.25, -0.2) is 12.7 Å². The molecule has 0 aliphatic heterocycles. The maximum atomic E-state index is 11.9. The molecule has 2 aromatic heterocycles. The Balaban J connectivity index is 2.26. The molecule has 0 aliphatic rings. The first-order chi connectivity index (χ1) is 8.91. The molecule has 0 N–H and O–H groups in total. The number of hydrogen-bond donors (Lipinski definition) is 0. The molecule has 0 spiro atoms. The van der Waals surface area contributed by atoms with Crippen molar-refractivity contribution in [2.45, 2.75) is 18.4 Å². The summed E-state index contributed by atoms with van der Waals surface area (Å²) in [5.41, 5.74) is 1.93. The number of sulfonamides is 1. The van der Waals surface area contributed by atoms with Gasteiger partial charge in [0.15, 0.2) is 0 Å². The average molecular weight is 280 g/mol. The first kappa shape index (κ1) is 13.7. The molecule has 19 heavy (non-hydrogen) atoms. The Labute approximate surface area is 112 Å². The van der Waals surface area contributed by atoms with Crippen molar-refractivity contribution in [2.24, 2.45) is 0 Å². The Kier molecular flexibility index (Phi) is 3.68. The third-order valence-corrected chi connectivity index (χ3v) is 4.59. The number of aromatic nitrogens is 3. The number of nitrogens with zero attached hydrogens (tertiary/aromatic N) is 4. The second-order valence-corrected chi connectivity index (χ2v) is 6.58. The second-order valence-electron chi connectivity index (χ2n) is 4.43. The predicted octanol–water partition coefficient (Wildman–Crippen LogP) is 0.885. The fourth-order valence-corrected chi connectivity index (χ4v) is 2.47. The SMILES string of the molecule is Cc1cccnc1Cn1cc(S(=O)(=O)N(C)C)cn1. The van der Waals surface area contributed by atoms with Gasteiger partial charge in [0, 0.05) is 26.5 Å². The van der Waals surface area contributed by atoms with Crippen molar-refractivity contribution in [3.63, 3.8) is 0 Å². The summed E-state index contributed by atoms with van der Waals surface area (Å²) in [5, 5.41) is 4.07. The molecule has 0 amide bonds. The van der Waals surface area contributed by atoms with E-state index in [9.17, 15) is 8.42 Å². The zero-order valence-corrected chi connectivity index (χ0v) is 11.9. The molecule has 0 radical (unpaired) electrons. The Morgan fingerprint density at radius 1 is 1.37 bits per heavy atom. The van der Waals surface area contributed by atoms with E-state index in [0.29, 0.717) is 6.54 Å². The molecule has 0 aromatic carbocycles. The van der Waals surface area contributed by atoms with Crippen molar-refractivity contribution in [1.29, 1.82) is 0 Å². The lowest BCUT2D eigenvalue weighted by molar-refractivity contribution is 0.520. The maximum Gasteiger partial charge on any atom is 0.245 e. The van der Waals surface area contributed by atoms with E-state index >= 15 is 0 Å². The van der Waals surface area contributed by atoms with Gasteiger partial charge in [-0.2, -0.15) is 5.10 Å². The van der Waals surface area contributed by atoms with E-state index in [1.165, 1.54) is 30.8 Å². The number of pyridine rings is 1. The van der Waals surface area contributed by atoms with Gasteiger partial charge >= 0.3 is 0 Å². The van der Waals surface area contributed by atoms with Gasteiger partial charge in [0.05, 0.1) is 18.4 Å². The van der Waals surface area contributed by atoms with Crippen LogP contribution in [0.3, 0.4) is 0 Å². The van der Waals surface area contributed by atoms with Gasteiger partial charge < -0.3 is 0 Å². The summed E-state index contributed by atoms with van der Waals surface area (Å²) < 4.78 is 26.6. The maximum absolute atomic E-state index is 11.9. The Morgan fingerprint density at radius 2 is 2.11 bits per heavy atom. The van der Waals surface area contributed by atoms with Crippen molar-refractivity contribution in [3.05, 3.63) is 42.0 Å². The number of hydrogen-bond acceptors (Lipinski definition) is 4. The molecular weight excluding hydrogens is 264 g/mol. The van der Waals surface area contributed by atoms with Crippen molar-refractivity contribution in [1.82, 2.24) is 19.1 Å². The standard InChI is InChI=1S/C12H16N4O2S/c1-10-5-4-6-13-12(10)9-16-8-11(7-14-16)19(17,18)15(2)3/h4-8H,9H2,1-3H3. The molecule has 102 valence electrons. The molecule has 0 fully saturated rings. The van der Waals surface area contributed by atoms with Crippen LogP contribution in [-0.2, 0) is 16.6 Å². The van der Waals surface area contributed by atoms with Gasteiger partial charge in [0.25, 0.3) is 0 Å². The molecule has 7 heteroatoms. The van der Waals surface area contributed by atoms with Crippen LogP contribution in [0.2, 0.25) is 0 Å². The summed E-state index contributed by atoms with van der Waals surface area (Å²) in [5.74, 6) is 0. The minimum Gasteiger partial charge on any atom is -0.265 e. The van der Waals surface area contributed by atoms with E-state index in [4.69, 9.17) is 0 Å². The summed E-state index contributed by atoms with van der Waals surface area (Å²) in [7, 11) is -0.438. The zero-order chi connectivity index (χ0) is 14.0. The highest BCUT2D eigenvalue weighted by atomic mass is 32.2. The predicted molar refractivity (Wildman–Crippen MR) is 71.2 cm³/mol. The van der Waals surface area contributed by atoms with E-state index in [1.807, 2.05) is 19.1 Å². The first-order valence-electron chi connectivity index (χ1n) is 5.77. The van der Waals surface area contributed by atoms with Crippen LogP contribution in [0.5, 0.6) is 0 Å². The molecule has 0 aliphatic carbocycles. The van der Waals surface area contributed by atoms with Gasteiger partial charge in [0.1, 0.15) is 4.90 Å². The van der Waals surface area contributed by atoms with Crippen molar-refractivity contribution < 1.29 is 8.42 Å². The molecule has 0 saturated heterocycles. The normalized spacial score (nSPS) is 12.0. The largest absolute Gasteiger partial charge is 0.265 e. The van der Waals surface area contributed by atoms with Crippen LogP contribution in [0.1, 0.15) is 11.3 Å². The van der Waals surface area contributed by atoms with Crippen LogP contribution < -0.4 is 0 Å². The average Bonchev–Trinajstić information content (AvgIpc) is 2.81. The lowest BCUT2D eigenvalue weighted by Crippen LogP contribution is -2.21. The highest BCUT2D eigenvalue weighted by Crippen LogP contribution is 2.13. The Bertz CT molecular complexity index is 677. The van der Waals surface area contributed by atoms with E-state index in [2.05, 4.69) is 10.1 Å². The van der Waals surface area contributed by atoms with Crippen LogP contribution in [0, 0.1) is 6.92 Å². The van der Waals surface area contributed by atoms with Crippen molar-refractivity contribution >= 4 is 10.0 Å². The third kappa shape index (κ3) is 2.82. The fraction of sp³-hybridized carbons (Fsp3) is 0.333. The van der Waals surface area contributed by atoms with E-state index in [1.54, 1.807) is 10.9 Å². The summed E-state index contributed by atoms with van der Waals surface area (Å²) in [6.45, 7) is 2.42. The van der Waals surface area contributed by atoms with Crippen molar-refractivity contribution in [3.8, 4) is 0 Å². The van der Waals surface area contributed by atoms with Crippen LogP contribution >= 0.6 is 0 Å². The molecule has 2 aromatic rings. The Morgan fingerprint density at radius 3 is 2.74 bits per heavy atom. The number of aryl methyl sites for hydroxylation is 1. The molecule has 0 saturated carbocycles. The van der Waals surface area contributed by atoms with Crippen LogP contribution in [0.25, 0.3) is 0 Å². The topological polar surface area (TPSA) is 68.1 Å². The quantitative estimate of drug-likeness (QED) is 0.834. The first-order valence-corrected chi connectivity index (χ1v) is 7.21. The lowest BCUT2D eigenvalue weighted by atomic mass is 10.2. The minimum absolute atomic E-state index is 0.186. The summed E-state index contributed by atoms with van der Waals surface area (Å²) in [4.78, 5) is 4.45. The highest BCUT2D eigenvalue weighted by molar-refractivity contribution is 7.89. The van der Waals surface area contributed by atoms with E-state index < -0.39 is 10.0 Å². The van der Waals surface area contributed by atoms with Crippen LogP contribution in [0.4, 0.5) is 0 Å². The third-order valence-electron chi connectivity index (χ3n) is 2.82. The lowest BCUT2D eigenvalue weighted by Gasteiger charge is -2.08. The number of rotatable bonds is 4. The van der Waals surface area contributed by atoms with Gasteiger partial charge in [-0.1, -0.05) is 6.07 Å². The minimum atomic E-state index is -3.43. The van der Waals surface area contributed by atoms with Crippen molar-refractivity contribution in [2.75, 3.05) is 14.1 Å². The van der Waals surface area contributed by atoms with Crippen LogP contribution in [-0.4, -0.2) is 41.6 Å². The van der Waals surface area contributed by atoms with Gasteiger partial charge in [-0.15, -0.1) is 0 Å². The monoisotopic (exact) mass is 280 g/mol. The van der Waals surface area contributed by atoms with Crippen LogP contribution in [0.15, 0.2) is 35.6 Å². The molecule has 0 bridgehead atoms. The summed E-state index contributed by atoms with van der Waals surface area (Å²) in [6, 6.07) is 3.83. The van der Waals surface area contributed by atoms with Gasteiger partial charge in [0.2, 0.25) is 10.0 Å². The summed E-state index contributed by atoms with van der Waals surface area (Å²) >= 11 is 0. The molecule has 6 nitrogen and oxygen atoms in total. The zero-order valence-electron chi connectivity index (χ0n) is 11.1. The summed E-state index contributed by atoms with van der Waals surface area (Å²) in [6.07, 6.45) is 4.58. The van der Waals surface area contributed by atoms with Gasteiger partial charge in [-0.05, 0) is 18.6 Å².